The Balaban J connectivity index is 0.000000247. The Bertz CT molecular complexity index is 1170. The zero-order chi connectivity index (χ0) is 26.4. The summed E-state index contributed by atoms with van der Waals surface area (Å²) in [5.74, 6) is -1.25. The van der Waals surface area contributed by atoms with E-state index in [0.717, 1.165) is 18.3 Å². The van der Waals surface area contributed by atoms with Crippen LogP contribution in [0, 0.1) is 6.92 Å². The first-order valence-corrected chi connectivity index (χ1v) is 10.1. The van der Waals surface area contributed by atoms with Gasteiger partial charge in [0.2, 0.25) is 0 Å². The lowest BCUT2D eigenvalue weighted by Crippen LogP contribution is -2.20. The predicted octanol–water partition coefficient (Wildman–Crippen LogP) is 6.38. The van der Waals surface area contributed by atoms with Crippen LogP contribution in [0.3, 0.4) is 0 Å². The summed E-state index contributed by atoms with van der Waals surface area (Å²) >= 11 is 5.85. The molecule has 0 spiro atoms. The average Bonchev–Trinajstić information content (AvgIpc) is 2.80. The Kier molecular flexibility index (Phi) is 8.86. The van der Waals surface area contributed by atoms with Crippen molar-refractivity contribution in [2.45, 2.75) is 19.3 Å². The summed E-state index contributed by atoms with van der Waals surface area (Å²) in [5, 5.41) is 5.41. The number of aryl methyl sites for hydroxylation is 1. The third-order valence-corrected chi connectivity index (χ3v) is 4.65. The van der Waals surface area contributed by atoms with Gasteiger partial charge in [-0.05, 0) is 61.0 Å². The molecule has 2 aromatic carbocycles. The van der Waals surface area contributed by atoms with Gasteiger partial charge in [0.1, 0.15) is 5.69 Å². The van der Waals surface area contributed by atoms with Gasteiger partial charge in [-0.1, -0.05) is 17.7 Å². The van der Waals surface area contributed by atoms with Crippen LogP contribution in [0.1, 0.15) is 37.5 Å². The number of pyridine rings is 1. The van der Waals surface area contributed by atoms with Gasteiger partial charge >= 0.3 is 12.4 Å². The van der Waals surface area contributed by atoms with E-state index in [9.17, 15) is 35.9 Å². The Labute approximate surface area is 201 Å². The maximum absolute atomic E-state index is 12.4. The molecule has 0 saturated carbocycles. The first-order chi connectivity index (χ1) is 16.2. The molecule has 0 aliphatic heterocycles. The fourth-order valence-corrected chi connectivity index (χ4v) is 2.91. The summed E-state index contributed by atoms with van der Waals surface area (Å²) in [4.78, 5) is 27.0. The number of hydrogen-bond acceptors (Lipinski definition) is 3. The number of nitrogens with one attached hydrogen (secondary N) is 2. The monoisotopic (exact) mass is 517 g/mol. The van der Waals surface area contributed by atoms with Crippen LogP contribution in [0.4, 0.5) is 32.0 Å². The van der Waals surface area contributed by atoms with Gasteiger partial charge in [-0.2, -0.15) is 26.3 Å². The number of nitrogens with zero attached hydrogens (tertiary/aromatic N) is 1. The molecule has 0 aliphatic carbocycles. The lowest BCUT2D eigenvalue weighted by Gasteiger charge is -2.13. The first-order valence-electron chi connectivity index (χ1n) is 9.72. The van der Waals surface area contributed by atoms with E-state index in [4.69, 9.17) is 11.6 Å². The van der Waals surface area contributed by atoms with E-state index in [2.05, 4.69) is 10.3 Å². The summed E-state index contributed by atoms with van der Waals surface area (Å²) in [6.45, 7) is 1.89. The van der Waals surface area contributed by atoms with E-state index in [1.807, 2.05) is 12.2 Å². The van der Waals surface area contributed by atoms with E-state index in [-0.39, 0.29) is 12.0 Å². The maximum atomic E-state index is 12.4. The standard InChI is InChI=1S/C13H11ClN2O.C10H7F6NO/c1-9-8-10(14)5-6-11(9)16-13(17)12-4-2-3-7-15-12;1-17-8(18)5-2-6(9(11,12)13)4-7(3-5)10(14,15)16/h2-8H,1H3,(H,16,17);2-4H,1H3,(H,17,18). The van der Waals surface area contributed by atoms with Crippen molar-refractivity contribution in [3.8, 4) is 0 Å². The molecule has 2 N–H and O–H groups in total. The minimum absolute atomic E-state index is 0.0353. The molecule has 5 nitrogen and oxygen atoms in total. The molecule has 1 aromatic heterocycles. The lowest BCUT2D eigenvalue weighted by molar-refractivity contribution is -0.143. The van der Waals surface area contributed by atoms with E-state index in [1.54, 1.807) is 42.6 Å². The molecule has 12 heteroatoms. The number of benzene rings is 2. The number of carbonyl (C=O) groups is 2. The number of anilines is 1. The summed E-state index contributed by atoms with van der Waals surface area (Å²) < 4.78 is 74.4. The van der Waals surface area contributed by atoms with E-state index in [1.165, 1.54) is 0 Å². The van der Waals surface area contributed by atoms with Crippen molar-refractivity contribution in [1.82, 2.24) is 10.3 Å². The van der Waals surface area contributed by atoms with Gasteiger partial charge in [0, 0.05) is 29.5 Å². The normalized spacial score (nSPS) is 11.2. The van der Waals surface area contributed by atoms with Crippen LogP contribution in [0.5, 0.6) is 0 Å². The van der Waals surface area contributed by atoms with Crippen molar-refractivity contribution in [3.63, 3.8) is 0 Å². The number of halogens is 7. The van der Waals surface area contributed by atoms with Gasteiger partial charge in [0.05, 0.1) is 11.1 Å². The zero-order valence-corrected chi connectivity index (χ0v) is 18.9. The fraction of sp³-hybridized carbons (Fsp3) is 0.174. The van der Waals surface area contributed by atoms with Crippen molar-refractivity contribution in [1.29, 1.82) is 0 Å². The van der Waals surface area contributed by atoms with Crippen LogP contribution < -0.4 is 10.6 Å². The highest BCUT2D eigenvalue weighted by molar-refractivity contribution is 6.30. The SMILES string of the molecule is CNC(=O)c1cc(C(F)(F)F)cc(C(F)(F)F)c1.Cc1cc(Cl)ccc1NC(=O)c1ccccn1. The van der Waals surface area contributed by atoms with E-state index in [0.29, 0.717) is 22.8 Å². The molecule has 1 heterocycles. The molecule has 2 amide bonds. The summed E-state index contributed by atoms with van der Waals surface area (Å²) in [7, 11) is 1.11. The van der Waals surface area contributed by atoms with Gasteiger partial charge in [0.15, 0.2) is 0 Å². The number of carbonyl (C=O) groups excluding carboxylic acids is 2. The van der Waals surface area contributed by atoms with Crippen LogP contribution in [-0.4, -0.2) is 23.8 Å². The average molecular weight is 518 g/mol. The van der Waals surface area contributed by atoms with Crippen LogP contribution in [0.2, 0.25) is 5.02 Å². The zero-order valence-electron chi connectivity index (χ0n) is 18.2. The summed E-state index contributed by atoms with van der Waals surface area (Å²) in [6, 6.07) is 11.2. The smallest absolute Gasteiger partial charge is 0.355 e. The van der Waals surface area contributed by atoms with Crippen LogP contribution in [0.25, 0.3) is 0 Å². The molecule has 3 aromatic rings. The van der Waals surface area contributed by atoms with E-state index < -0.39 is 35.0 Å². The Morgan fingerprint density at radius 1 is 0.857 bits per heavy atom. The van der Waals surface area contributed by atoms with Gasteiger partial charge < -0.3 is 10.6 Å². The van der Waals surface area contributed by atoms with Crippen molar-refractivity contribution < 1.29 is 35.9 Å². The molecule has 0 atom stereocenters. The third kappa shape index (κ3) is 7.99. The largest absolute Gasteiger partial charge is 0.416 e. The van der Waals surface area contributed by atoms with Crippen LogP contribution in [0.15, 0.2) is 60.8 Å². The quantitative estimate of drug-likeness (QED) is 0.396. The summed E-state index contributed by atoms with van der Waals surface area (Å²) in [6.07, 6.45) is -8.32. The molecule has 0 saturated heterocycles. The van der Waals surface area contributed by atoms with E-state index >= 15 is 0 Å². The van der Waals surface area contributed by atoms with Gasteiger partial charge in [-0.3, -0.25) is 14.6 Å². The number of amides is 2. The molecular formula is C23H18ClF6N3O2. The Hall–Kier alpha value is -3.60. The predicted molar refractivity (Wildman–Crippen MR) is 118 cm³/mol. The highest BCUT2D eigenvalue weighted by Crippen LogP contribution is 2.36. The third-order valence-electron chi connectivity index (χ3n) is 4.41. The van der Waals surface area contributed by atoms with Gasteiger partial charge in [0.25, 0.3) is 11.8 Å². The minimum atomic E-state index is -4.95. The van der Waals surface area contributed by atoms with Crippen molar-refractivity contribution in [2.24, 2.45) is 0 Å². The maximum Gasteiger partial charge on any atom is 0.416 e. The van der Waals surface area contributed by atoms with Gasteiger partial charge in [-0.25, -0.2) is 0 Å². The summed E-state index contributed by atoms with van der Waals surface area (Å²) in [5.41, 5.74) is -1.68. The second kappa shape index (κ2) is 11.2. The molecule has 0 fully saturated rings. The molecule has 0 bridgehead atoms. The Morgan fingerprint density at radius 3 is 1.91 bits per heavy atom. The Morgan fingerprint density at radius 2 is 1.46 bits per heavy atom. The molecule has 0 unspecified atom stereocenters. The van der Waals surface area contributed by atoms with Crippen LogP contribution in [-0.2, 0) is 12.4 Å². The molecular weight excluding hydrogens is 500 g/mol. The highest BCUT2D eigenvalue weighted by atomic mass is 35.5. The minimum Gasteiger partial charge on any atom is -0.355 e. The number of rotatable bonds is 3. The second-order valence-corrected chi connectivity index (χ2v) is 7.44. The topological polar surface area (TPSA) is 71.1 Å². The number of alkyl halides is 6. The molecule has 186 valence electrons. The molecule has 0 aliphatic rings. The van der Waals surface area contributed by atoms with Crippen LogP contribution >= 0.6 is 11.6 Å². The van der Waals surface area contributed by atoms with Crippen molar-refractivity contribution >= 4 is 29.1 Å². The highest BCUT2D eigenvalue weighted by Gasteiger charge is 2.37. The second-order valence-electron chi connectivity index (χ2n) is 7.00. The first kappa shape index (κ1) is 27.6. The number of hydrogen-bond donors (Lipinski definition) is 2. The molecule has 35 heavy (non-hydrogen) atoms. The van der Waals surface area contributed by atoms with Crippen molar-refractivity contribution in [3.05, 3.63) is 93.8 Å². The lowest BCUT2D eigenvalue weighted by atomic mass is 10.0. The van der Waals surface area contributed by atoms with Crippen molar-refractivity contribution in [2.75, 3.05) is 12.4 Å². The number of aromatic nitrogens is 1. The molecule has 0 radical (unpaired) electrons. The molecule has 3 rings (SSSR count). The van der Waals surface area contributed by atoms with Gasteiger partial charge in [-0.15, -0.1) is 0 Å². The fourth-order valence-electron chi connectivity index (χ4n) is 2.68.